The monoisotopic (exact) mass is 286 g/mol. The average molecular weight is 286 g/mol. The maximum Gasteiger partial charge on any atom is 0.340 e. The molecule has 0 aromatic heterocycles. The van der Waals surface area contributed by atoms with E-state index in [1.807, 2.05) is 18.7 Å². The number of carbonyl (C=O) groups is 1. The Morgan fingerprint density at radius 2 is 2.26 bits per heavy atom. The van der Waals surface area contributed by atoms with Crippen molar-refractivity contribution in [3.8, 4) is 0 Å². The van der Waals surface area contributed by atoms with E-state index in [0.29, 0.717) is 5.69 Å². The fourth-order valence-electron chi connectivity index (χ4n) is 1.69. The molecule has 0 aliphatic carbocycles. The van der Waals surface area contributed by atoms with Crippen molar-refractivity contribution in [3.05, 3.63) is 23.5 Å². The standard InChI is InChI=1S/C13H19FN2O2S/c1-3-19-7-6-8(2)16-10-5-4-9(14)12(15)11(10)13(17)18/h4-5,8,16H,3,6-7,15H2,1-2H3,(H,17,18). The summed E-state index contributed by atoms with van der Waals surface area (Å²) in [5.41, 5.74) is 5.32. The molecule has 0 aliphatic rings. The van der Waals surface area contributed by atoms with Gasteiger partial charge in [-0.15, -0.1) is 0 Å². The van der Waals surface area contributed by atoms with Crippen LogP contribution in [0.4, 0.5) is 15.8 Å². The highest BCUT2D eigenvalue weighted by Crippen LogP contribution is 2.26. The first-order valence-electron chi connectivity index (χ1n) is 6.12. The molecule has 4 nitrogen and oxygen atoms in total. The molecule has 1 atom stereocenters. The van der Waals surface area contributed by atoms with Gasteiger partial charge in [-0.25, -0.2) is 9.18 Å². The molecule has 19 heavy (non-hydrogen) atoms. The minimum Gasteiger partial charge on any atom is -0.478 e. The summed E-state index contributed by atoms with van der Waals surface area (Å²) in [4.78, 5) is 11.1. The number of rotatable bonds is 7. The largest absolute Gasteiger partial charge is 0.478 e. The second kappa shape index (κ2) is 7.23. The van der Waals surface area contributed by atoms with Crippen LogP contribution in [0.25, 0.3) is 0 Å². The van der Waals surface area contributed by atoms with Crippen LogP contribution in [0.15, 0.2) is 12.1 Å². The van der Waals surface area contributed by atoms with E-state index in [9.17, 15) is 9.18 Å². The molecule has 1 aromatic carbocycles. The normalized spacial score (nSPS) is 12.2. The third-order valence-corrected chi connectivity index (χ3v) is 3.64. The van der Waals surface area contributed by atoms with Gasteiger partial charge >= 0.3 is 5.97 Å². The van der Waals surface area contributed by atoms with E-state index in [4.69, 9.17) is 10.8 Å². The number of carboxylic acid groups (broad SMARTS) is 1. The van der Waals surface area contributed by atoms with Crippen molar-refractivity contribution in [1.29, 1.82) is 0 Å². The smallest absolute Gasteiger partial charge is 0.340 e. The number of anilines is 2. The van der Waals surface area contributed by atoms with Gasteiger partial charge in [0.15, 0.2) is 0 Å². The molecule has 1 rings (SSSR count). The zero-order chi connectivity index (χ0) is 14.4. The molecular weight excluding hydrogens is 267 g/mol. The van der Waals surface area contributed by atoms with E-state index in [-0.39, 0.29) is 17.3 Å². The third kappa shape index (κ3) is 4.31. The number of hydrogen-bond acceptors (Lipinski definition) is 4. The number of carboxylic acids is 1. The molecule has 1 unspecified atom stereocenters. The van der Waals surface area contributed by atoms with Crippen LogP contribution in [0.1, 0.15) is 30.6 Å². The van der Waals surface area contributed by atoms with Crippen molar-refractivity contribution in [1.82, 2.24) is 0 Å². The fraction of sp³-hybridized carbons (Fsp3) is 0.462. The molecule has 0 saturated carbocycles. The lowest BCUT2D eigenvalue weighted by molar-refractivity contribution is 0.0698. The molecule has 4 N–H and O–H groups in total. The number of nitrogens with two attached hydrogens (primary N) is 1. The van der Waals surface area contributed by atoms with Crippen LogP contribution in [0.2, 0.25) is 0 Å². The van der Waals surface area contributed by atoms with Gasteiger partial charge in [-0.2, -0.15) is 11.8 Å². The zero-order valence-corrected chi connectivity index (χ0v) is 11.9. The Balaban J connectivity index is 2.83. The Hall–Kier alpha value is -1.43. The van der Waals surface area contributed by atoms with Crippen LogP contribution in [0.5, 0.6) is 0 Å². The van der Waals surface area contributed by atoms with E-state index in [1.54, 1.807) is 0 Å². The van der Waals surface area contributed by atoms with Gasteiger partial charge in [-0.1, -0.05) is 6.92 Å². The molecule has 0 spiro atoms. The lowest BCUT2D eigenvalue weighted by Gasteiger charge is -2.17. The molecule has 0 amide bonds. The minimum atomic E-state index is -1.23. The van der Waals surface area contributed by atoms with Crippen molar-refractivity contribution < 1.29 is 14.3 Å². The summed E-state index contributed by atoms with van der Waals surface area (Å²) in [7, 11) is 0. The second-order valence-corrected chi connectivity index (χ2v) is 5.61. The fourth-order valence-corrected chi connectivity index (χ4v) is 2.50. The minimum absolute atomic E-state index is 0.0991. The van der Waals surface area contributed by atoms with Crippen molar-refractivity contribution in [2.24, 2.45) is 0 Å². The van der Waals surface area contributed by atoms with Crippen LogP contribution in [-0.4, -0.2) is 28.6 Å². The molecule has 0 bridgehead atoms. The number of nitrogen functional groups attached to an aromatic ring is 1. The summed E-state index contributed by atoms with van der Waals surface area (Å²) in [6.07, 6.45) is 0.898. The predicted octanol–water partition coefficient (Wildman–Crippen LogP) is 3.05. The van der Waals surface area contributed by atoms with Gasteiger partial charge in [-0.05, 0) is 37.0 Å². The van der Waals surface area contributed by atoms with E-state index in [2.05, 4.69) is 12.2 Å². The molecule has 0 heterocycles. The molecule has 6 heteroatoms. The molecule has 0 radical (unpaired) electrons. The van der Waals surface area contributed by atoms with Crippen molar-refractivity contribution in [2.45, 2.75) is 26.3 Å². The lowest BCUT2D eigenvalue weighted by Crippen LogP contribution is -2.19. The summed E-state index contributed by atoms with van der Waals surface area (Å²) in [5, 5.41) is 12.2. The predicted molar refractivity (Wildman–Crippen MR) is 78.5 cm³/mol. The molecule has 1 aromatic rings. The van der Waals surface area contributed by atoms with Gasteiger partial charge in [0.25, 0.3) is 0 Å². The van der Waals surface area contributed by atoms with E-state index in [1.165, 1.54) is 12.1 Å². The number of benzene rings is 1. The first-order chi connectivity index (χ1) is 8.97. The maximum absolute atomic E-state index is 13.3. The van der Waals surface area contributed by atoms with Crippen LogP contribution in [0, 0.1) is 5.82 Å². The van der Waals surface area contributed by atoms with Gasteiger partial charge in [-0.3, -0.25) is 0 Å². The zero-order valence-electron chi connectivity index (χ0n) is 11.1. The number of halogens is 1. The SMILES string of the molecule is CCSCCC(C)Nc1ccc(F)c(N)c1C(=O)O. The number of nitrogens with one attached hydrogen (secondary N) is 1. The quantitative estimate of drug-likeness (QED) is 0.530. The second-order valence-electron chi connectivity index (χ2n) is 4.22. The highest BCUT2D eigenvalue weighted by molar-refractivity contribution is 7.99. The van der Waals surface area contributed by atoms with Crippen LogP contribution < -0.4 is 11.1 Å². The van der Waals surface area contributed by atoms with E-state index < -0.39 is 11.8 Å². The highest BCUT2D eigenvalue weighted by atomic mass is 32.2. The van der Waals surface area contributed by atoms with Gasteiger partial charge in [0.05, 0.1) is 11.4 Å². The first kappa shape index (κ1) is 15.6. The Kier molecular flexibility index (Phi) is 5.95. The summed E-state index contributed by atoms with van der Waals surface area (Å²) < 4.78 is 13.3. The molecule has 106 valence electrons. The maximum atomic E-state index is 13.3. The lowest BCUT2D eigenvalue weighted by atomic mass is 10.1. The Labute approximate surface area is 116 Å². The number of aromatic carboxylic acids is 1. The molecule has 0 aliphatic heterocycles. The summed E-state index contributed by atoms with van der Waals surface area (Å²) in [6, 6.07) is 2.69. The summed E-state index contributed by atoms with van der Waals surface area (Å²) in [5.74, 6) is 0.104. The molecule has 0 saturated heterocycles. The van der Waals surface area contributed by atoms with Crippen LogP contribution in [-0.2, 0) is 0 Å². The topological polar surface area (TPSA) is 75.3 Å². The van der Waals surface area contributed by atoms with Crippen molar-refractivity contribution in [3.63, 3.8) is 0 Å². The van der Waals surface area contributed by atoms with Crippen LogP contribution >= 0.6 is 11.8 Å². The Morgan fingerprint density at radius 3 is 2.84 bits per heavy atom. The van der Waals surface area contributed by atoms with Crippen molar-refractivity contribution >= 4 is 29.1 Å². The molecular formula is C13H19FN2O2S. The Bertz CT molecular complexity index is 455. The number of thioether (sulfide) groups is 1. The third-order valence-electron chi connectivity index (χ3n) is 2.71. The van der Waals surface area contributed by atoms with Crippen molar-refractivity contribution in [2.75, 3.05) is 22.6 Å². The summed E-state index contributed by atoms with van der Waals surface area (Å²) in [6.45, 7) is 4.05. The average Bonchev–Trinajstić information content (AvgIpc) is 2.34. The van der Waals surface area contributed by atoms with Gasteiger partial charge in [0, 0.05) is 6.04 Å². The van der Waals surface area contributed by atoms with E-state index >= 15 is 0 Å². The molecule has 0 fully saturated rings. The van der Waals surface area contributed by atoms with Gasteiger partial charge < -0.3 is 16.2 Å². The Morgan fingerprint density at radius 1 is 1.58 bits per heavy atom. The first-order valence-corrected chi connectivity index (χ1v) is 7.28. The van der Waals surface area contributed by atoms with Gasteiger partial charge in [0.2, 0.25) is 0 Å². The van der Waals surface area contributed by atoms with E-state index in [0.717, 1.165) is 17.9 Å². The highest BCUT2D eigenvalue weighted by Gasteiger charge is 2.18. The summed E-state index contributed by atoms with van der Waals surface area (Å²) >= 11 is 1.82. The number of hydrogen-bond donors (Lipinski definition) is 3. The van der Waals surface area contributed by atoms with Gasteiger partial charge in [0.1, 0.15) is 11.4 Å². The van der Waals surface area contributed by atoms with Crippen LogP contribution in [0.3, 0.4) is 0 Å².